The fourth-order valence-corrected chi connectivity index (χ4v) is 3.88. The molecule has 2 aliphatic rings. The van der Waals surface area contributed by atoms with Crippen LogP contribution in [0.15, 0.2) is 30.6 Å². The predicted molar refractivity (Wildman–Crippen MR) is 82.1 cm³/mol. The summed E-state index contributed by atoms with van der Waals surface area (Å²) in [4.78, 5) is 4.15. The Balaban J connectivity index is 1.53. The fraction of sp³-hybridized carbons (Fsp3) is 0.611. The first-order valence-corrected chi connectivity index (χ1v) is 8.02. The van der Waals surface area contributed by atoms with E-state index in [9.17, 15) is 5.11 Å². The van der Waals surface area contributed by atoms with Crippen LogP contribution >= 0.6 is 0 Å². The average molecular weight is 271 g/mol. The minimum absolute atomic E-state index is 0.0242. The summed E-state index contributed by atoms with van der Waals surface area (Å²) in [6.07, 6.45) is 18.2. The van der Waals surface area contributed by atoms with E-state index < -0.39 is 0 Å². The molecule has 1 aromatic heterocycles. The summed E-state index contributed by atoms with van der Waals surface area (Å²) in [6, 6.07) is 4.10. The van der Waals surface area contributed by atoms with Gasteiger partial charge in [-0.15, -0.1) is 0 Å². The normalized spacial score (nSPS) is 34.6. The van der Waals surface area contributed by atoms with Gasteiger partial charge in [-0.25, -0.2) is 0 Å². The molecule has 1 N–H and O–H groups in total. The second kappa shape index (κ2) is 6.09. The van der Waals surface area contributed by atoms with Crippen LogP contribution < -0.4 is 0 Å². The molecule has 2 heteroatoms. The smallest absolute Gasteiger partial charge is 0.0540 e. The van der Waals surface area contributed by atoms with E-state index in [1.54, 1.807) is 0 Å². The van der Waals surface area contributed by atoms with E-state index in [4.69, 9.17) is 0 Å². The quantitative estimate of drug-likeness (QED) is 0.874. The van der Waals surface area contributed by atoms with Crippen LogP contribution in [0.1, 0.15) is 56.9 Å². The molecule has 0 amide bonds. The number of rotatable bonds is 2. The molecule has 20 heavy (non-hydrogen) atoms. The molecule has 0 bridgehead atoms. The van der Waals surface area contributed by atoms with Crippen LogP contribution in [0.4, 0.5) is 0 Å². The van der Waals surface area contributed by atoms with Crippen LogP contribution in [0.5, 0.6) is 0 Å². The lowest BCUT2D eigenvalue weighted by Crippen LogP contribution is -2.33. The molecule has 1 aromatic rings. The van der Waals surface area contributed by atoms with Crippen LogP contribution in [0.25, 0.3) is 6.08 Å². The number of hydrogen-bond acceptors (Lipinski definition) is 2. The Morgan fingerprint density at radius 1 is 1.10 bits per heavy atom. The van der Waals surface area contributed by atoms with Crippen molar-refractivity contribution in [2.45, 2.75) is 57.5 Å². The zero-order valence-electron chi connectivity index (χ0n) is 12.2. The molecule has 2 aliphatic carbocycles. The monoisotopic (exact) mass is 271 g/mol. The Morgan fingerprint density at radius 3 is 2.45 bits per heavy atom. The van der Waals surface area contributed by atoms with Gasteiger partial charge in [-0.05, 0) is 74.3 Å². The number of nitrogens with zero attached hydrogens (tertiary/aromatic N) is 1. The molecule has 0 radical (unpaired) electrons. The van der Waals surface area contributed by atoms with Crippen molar-refractivity contribution >= 4 is 6.08 Å². The van der Waals surface area contributed by atoms with Gasteiger partial charge in [-0.1, -0.05) is 18.2 Å². The molecule has 3 rings (SSSR count). The third-order valence-corrected chi connectivity index (χ3v) is 5.35. The van der Waals surface area contributed by atoms with Crippen molar-refractivity contribution in [2.24, 2.45) is 11.3 Å². The third-order valence-electron chi connectivity index (χ3n) is 5.35. The van der Waals surface area contributed by atoms with Crippen molar-refractivity contribution in [1.29, 1.82) is 0 Å². The summed E-state index contributed by atoms with van der Waals surface area (Å²) in [6.45, 7) is 0. The fourth-order valence-electron chi connectivity index (χ4n) is 3.88. The summed E-state index contributed by atoms with van der Waals surface area (Å²) in [5.74, 6) is 0.729. The van der Waals surface area contributed by atoms with Gasteiger partial charge in [0.05, 0.1) is 6.10 Å². The summed E-state index contributed by atoms with van der Waals surface area (Å²) >= 11 is 0. The molecule has 0 unspecified atom stereocenters. The second-order valence-corrected chi connectivity index (χ2v) is 6.71. The molecule has 0 aliphatic heterocycles. The first kappa shape index (κ1) is 13.8. The minimum atomic E-state index is -0.0242. The zero-order valence-corrected chi connectivity index (χ0v) is 12.2. The van der Waals surface area contributed by atoms with Crippen LogP contribution in [0.2, 0.25) is 0 Å². The van der Waals surface area contributed by atoms with Crippen molar-refractivity contribution in [1.82, 2.24) is 4.98 Å². The first-order valence-electron chi connectivity index (χ1n) is 8.02. The maximum atomic E-state index is 9.67. The molecular formula is C18H25NO. The van der Waals surface area contributed by atoms with E-state index in [0.717, 1.165) is 18.8 Å². The van der Waals surface area contributed by atoms with E-state index >= 15 is 0 Å². The van der Waals surface area contributed by atoms with Crippen LogP contribution in [0, 0.1) is 11.3 Å². The standard InChI is InChI=1S/C18H25NO/c20-17-7-11-18(12-8-17)9-5-15(6-10-18)3-4-16-2-1-13-19-14-16/h1-4,13-15,17,20H,5-12H2/b4-3-. The third kappa shape index (κ3) is 3.29. The summed E-state index contributed by atoms with van der Waals surface area (Å²) in [5.41, 5.74) is 1.77. The van der Waals surface area contributed by atoms with E-state index in [2.05, 4.69) is 23.2 Å². The molecular weight excluding hydrogens is 246 g/mol. The van der Waals surface area contributed by atoms with E-state index in [0.29, 0.717) is 5.41 Å². The summed E-state index contributed by atoms with van der Waals surface area (Å²) in [5, 5.41) is 9.67. The maximum absolute atomic E-state index is 9.67. The Morgan fingerprint density at radius 2 is 1.80 bits per heavy atom. The van der Waals surface area contributed by atoms with Crippen LogP contribution in [0.3, 0.4) is 0 Å². The Kier molecular flexibility index (Phi) is 4.21. The number of allylic oxidation sites excluding steroid dienone is 1. The number of aliphatic hydroxyl groups excluding tert-OH is 1. The van der Waals surface area contributed by atoms with Gasteiger partial charge in [0.2, 0.25) is 0 Å². The van der Waals surface area contributed by atoms with Gasteiger partial charge in [0.15, 0.2) is 0 Å². The molecule has 2 fully saturated rings. The van der Waals surface area contributed by atoms with Gasteiger partial charge in [0.1, 0.15) is 0 Å². The van der Waals surface area contributed by atoms with Gasteiger partial charge in [-0.2, -0.15) is 0 Å². The lowest BCUT2D eigenvalue weighted by molar-refractivity contribution is 0.0336. The molecule has 0 atom stereocenters. The van der Waals surface area contributed by atoms with Crippen molar-refractivity contribution in [3.05, 3.63) is 36.2 Å². The lowest BCUT2D eigenvalue weighted by atomic mass is 9.63. The molecule has 0 aromatic carbocycles. The van der Waals surface area contributed by atoms with Gasteiger partial charge in [0.25, 0.3) is 0 Å². The number of hydrogen-bond donors (Lipinski definition) is 1. The molecule has 108 valence electrons. The summed E-state index contributed by atoms with van der Waals surface area (Å²) in [7, 11) is 0. The predicted octanol–water partition coefficient (Wildman–Crippen LogP) is 4.21. The van der Waals surface area contributed by atoms with E-state index in [-0.39, 0.29) is 6.10 Å². The van der Waals surface area contributed by atoms with Crippen molar-refractivity contribution in [3.8, 4) is 0 Å². The Labute approximate surface area is 121 Å². The minimum Gasteiger partial charge on any atom is -0.393 e. The molecule has 2 saturated carbocycles. The number of aliphatic hydroxyl groups is 1. The molecule has 2 nitrogen and oxygen atoms in total. The lowest BCUT2D eigenvalue weighted by Gasteiger charge is -2.43. The van der Waals surface area contributed by atoms with Gasteiger partial charge >= 0.3 is 0 Å². The van der Waals surface area contributed by atoms with Crippen LogP contribution in [-0.2, 0) is 0 Å². The average Bonchev–Trinajstić information content (AvgIpc) is 2.51. The highest BCUT2D eigenvalue weighted by Gasteiger charge is 2.37. The second-order valence-electron chi connectivity index (χ2n) is 6.71. The largest absolute Gasteiger partial charge is 0.393 e. The number of aromatic nitrogens is 1. The highest BCUT2D eigenvalue weighted by Crippen LogP contribution is 2.49. The van der Waals surface area contributed by atoms with Gasteiger partial charge < -0.3 is 5.11 Å². The molecule has 1 heterocycles. The van der Waals surface area contributed by atoms with E-state index in [1.807, 2.05) is 18.5 Å². The topological polar surface area (TPSA) is 33.1 Å². The summed E-state index contributed by atoms with van der Waals surface area (Å²) < 4.78 is 0. The Hall–Kier alpha value is -1.15. The SMILES string of the molecule is OC1CCC2(CC1)CCC(/C=C\c1cccnc1)CC2. The van der Waals surface area contributed by atoms with Crippen molar-refractivity contribution in [2.75, 3.05) is 0 Å². The highest BCUT2D eigenvalue weighted by molar-refractivity contribution is 5.47. The van der Waals surface area contributed by atoms with Crippen molar-refractivity contribution in [3.63, 3.8) is 0 Å². The van der Waals surface area contributed by atoms with Crippen LogP contribution in [-0.4, -0.2) is 16.2 Å². The number of pyridine rings is 1. The van der Waals surface area contributed by atoms with Crippen molar-refractivity contribution < 1.29 is 5.11 Å². The zero-order chi connectivity index (χ0) is 13.8. The van der Waals surface area contributed by atoms with E-state index in [1.165, 1.54) is 44.1 Å². The Bertz CT molecular complexity index is 436. The molecule has 1 spiro atoms. The first-order chi connectivity index (χ1) is 9.76. The molecule has 0 saturated heterocycles. The maximum Gasteiger partial charge on any atom is 0.0540 e. The highest BCUT2D eigenvalue weighted by atomic mass is 16.3. The van der Waals surface area contributed by atoms with Gasteiger partial charge in [0, 0.05) is 12.4 Å². The van der Waals surface area contributed by atoms with Gasteiger partial charge in [-0.3, -0.25) is 4.98 Å².